The van der Waals surface area contributed by atoms with Crippen molar-refractivity contribution < 1.29 is 9.53 Å². The van der Waals surface area contributed by atoms with Crippen LogP contribution in [-0.4, -0.2) is 30.0 Å². The standard InChI is InChI=1S/C20H21ClN2O2/c1-16(25-19-11-6-5-10-18(19)21)20(24)23(14-7-13-22)15-12-17-8-3-2-4-9-17/h2-6,8-11,16H,7,12,14-15H2,1H3. The van der Waals surface area contributed by atoms with E-state index in [1.165, 1.54) is 0 Å². The molecule has 0 aliphatic carbocycles. The molecule has 1 atom stereocenters. The fourth-order valence-corrected chi connectivity index (χ4v) is 2.64. The van der Waals surface area contributed by atoms with E-state index in [9.17, 15) is 4.79 Å². The van der Waals surface area contributed by atoms with E-state index in [2.05, 4.69) is 6.07 Å². The van der Waals surface area contributed by atoms with Crippen LogP contribution in [0.4, 0.5) is 0 Å². The molecule has 0 bridgehead atoms. The van der Waals surface area contributed by atoms with Gasteiger partial charge in [-0.05, 0) is 31.0 Å². The fraction of sp³-hybridized carbons (Fsp3) is 0.300. The van der Waals surface area contributed by atoms with Crippen molar-refractivity contribution in [3.63, 3.8) is 0 Å². The first kappa shape index (κ1) is 18.8. The van der Waals surface area contributed by atoms with Gasteiger partial charge in [0.05, 0.1) is 17.5 Å². The minimum atomic E-state index is -0.672. The van der Waals surface area contributed by atoms with Crippen LogP contribution in [0.3, 0.4) is 0 Å². The molecular formula is C20H21ClN2O2. The second kappa shape index (κ2) is 9.71. The summed E-state index contributed by atoms with van der Waals surface area (Å²) in [5.74, 6) is 0.333. The average molecular weight is 357 g/mol. The molecule has 5 heteroatoms. The smallest absolute Gasteiger partial charge is 0.263 e. The molecule has 1 unspecified atom stereocenters. The highest BCUT2D eigenvalue weighted by Crippen LogP contribution is 2.24. The predicted octanol–water partition coefficient (Wildman–Crippen LogP) is 4.09. The number of carbonyl (C=O) groups excluding carboxylic acids is 1. The summed E-state index contributed by atoms with van der Waals surface area (Å²) >= 11 is 6.08. The van der Waals surface area contributed by atoms with E-state index in [0.29, 0.717) is 30.3 Å². The number of hydrogen-bond donors (Lipinski definition) is 0. The largest absolute Gasteiger partial charge is 0.479 e. The summed E-state index contributed by atoms with van der Waals surface area (Å²) in [6, 6.07) is 19.1. The molecule has 2 rings (SSSR count). The molecular weight excluding hydrogens is 336 g/mol. The van der Waals surface area contributed by atoms with Crippen LogP contribution in [0.1, 0.15) is 18.9 Å². The zero-order valence-electron chi connectivity index (χ0n) is 14.2. The lowest BCUT2D eigenvalue weighted by atomic mass is 10.1. The topological polar surface area (TPSA) is 53.3 Å². The third-order valence-corrected chi connectivity index (χ3v) is 4.12. The lowest BCUT2D eigenvalue weighted by Crippen LogP contribution is -2.42. The van der Waals surface area contributed by atoms with Gasteiger partial charge in [-0.15, -0.1) is 0 Å². The maximum Gasteiger partial charge on any atom is 0.263 e. The summed E-state index contributed by atoms with van der Waals surface area (Å²) < 4.78 is 5.71. The van der Waals surface area contributed by atoms with Crippen LogP contribution in [0.15, 0.2) is 54.6 Å². The highest BCUT2D eigenvalue weighted by molar-refractivity contribution is 6.32. The molecule has 130 valence electrons. The molecule has 0 spiro atoms. The van der Waals surface area contributed by atoms with Gasteiger partial charge in [0.25, 0.3) is 5.91 Å². The summed E-state index contributed by atoms with van der Waals surface area (Å²) in [6.45, 7) is 2.63. The average Bonchev–Trinajstić information content (AvgIpc) is 2.64. The Morgan fingerprint density at radius 3 is 2.52 bits per heavy atom. The van der Waals surface area contributed by atoms with Gasteiger partial charge in [0, 0.05) is 13.1 Å². The van der Waals surface area contributed by atoms with Crippen LogP contribution in [0, 0.1) is 11.3 Å². The molecule has 4 nitrogen and oxygen atoms in total. The minimum Gasteiger partial charge on any atom is -0.479 e. The number of carbonyl (C=O) groups is 1. The molecule has 2 aromatic carbocycles. The van der Waals surface area contributed by atoms with Gasteiger partial charge in [0.2, 0.25) is 0 Å². The molecule has 0 aliphatic heterocycles. The third kappa shape index (κ3) is 5.81. The molecule has 2 aromatic rings. The van der Waals surface area contributed by atoms with Crippen molar-refractivity contribution >= 4 is 17.5 Å². The van der Waals surface area contributed by atoms with Crippen molar-refractivity contribution in [3.8, 4) is 11.8 Å². The summed E-state index contributed by atoms with van der Waals surface area (Å²) in [5, 5.41) is 9.32. The van der Waals surface area contributed by atoms with E-state index < -0.39 is 6.10 Å². The molecule has 0 radical (unpaired) electrons. The fourth-order valence-electron chi connectivity index (χ4n) is 2.46. The highest BCUT2D eigenvalue weighted by atomic mass is 35.5. The van der Waals surface area contributed by atoms with Gasteiger partial charge in [-0.1, -0.05) is 54.1 Å². The molecule has 1 amide bonds. The molecule has 0 aliphatic rings. The third-order valence-electron chi connectivity index (χ3n) is 3.81. The normalized spacial score (nSPS) is 11.4. The van der Waals surface area contributed by atoms with E-state index in [0.717, 1.165) is 12.0 Å². The van der Waals surface area contributed by atoms with Gasteiger partial charge in [0.15, 0.2) is 6.10 Å². The number of benzene rings is 2. The number of ether oxygens (including phenoxy) is 1. The molecule has 0 heterocycles. The maximum absolute atomic E-state index is 12.7. The van der Waals surface area contributed by atoms with Gasteiger partial charge < -0.3 is 9.64 Å². The molecule has 0 saturated carbocycles. The molecule has 0 aromatic heterocycles. The van der Waals surface area contributed by atoms with Crippen LogP contribution >= 0.6 is 11.6 Å². The summed E-state index contributed by atoms with van der Waals surface area (Å²) in [7, 11) is 0. The summed E-state index contributed by atoms with van der Waals surface area (Å²) in [4.78, 5) is 14.4. The Morgan fingerprint density at radius 2 is 1.84 bits per heavy atom. The Morgan fingerprint density at radius 1 is 1.16 bits per heavy atom. The Kier molecular flexibility index (Phi) is 7.31. The zero-order valence-corrected chi connectivity index (χ0v) is 14.9. The Bertz CT molecular complexity index is 728. The van der Waals surface area contributed by atoms with E-state index in [-0.39, 0.29) is 5.91 Å². The van der Waals surface area contributed by atoms with Gasteiger partial charge in [0.1, 0.15) is 5.75 Å². The first-order valence-electron chi connectivity index (χ1n) is 8.22. The van der Waals surface area contributed by atoms with Crippen molar-refractivity contribution in [2.24, 2.45) is 0 Å². The second-order valence-corrected chi connectivity index (χ2v) is 6.07. The molecule has 0 fully saturated rings. The number of nitriles is 1. The SMILES string of the molecule is CC(Oc1ccccc1Cl)C(=O)N(CCC#N)CCc1ccccc1. The maximum atomic E-state index is 12.7. The highest BCUT2D eigenvalue weighted by Gasteiger charge is 2.22. The number of halogens is 1. The first-order chi connectivity index (χ1) is 12.1. The Hall–Kier alpha value is -2.51. The van der Waals surface area contributed by atoms with Crippen LogP contribution in [0.2, 0.25) is 5.02 Å². The van der Waals surface area contributed by atoms with E-state index >= 15 is 0 Å². The molecule has 25 heavy (non-hydrogen) atoms. The van der Waals surface area contributed by atoms with Crippen molar-refractivity contribution in [1.82, 2.24) is 4.90 Å². The van der Waals surface area contributed by atoms with E-state index in [1.807, 2.05) is 30.3 Å². The number of para-hydroxylation sites is 1. The van der Waals surface area contributed by atoms with Gasteiger partial charge in [-0.2, -0.15) is 5.26 Å². The van der Waals surface area contributed by atoms with Crippen LogP contribution < -0.4 is 4.74 Å². The number of rotatable bonds is 8. The molecule has 0 N–H and O–H groups in total. The first-order valence-corrected chi connectivity index (χ1v) is 8.60. The van der Waals surface area contributed by atoms with Gasteiger partial charge >= 0.3 is 0 Å². The number of nitrogens with zero attached hydrogens (tertiary/aromatic N) is 2. The van der Waals surface area contributed by atoms with E-state index in [4.69, 9.17) is 21.6 Å². The Balaban J connectivity index is 2.01. The lowest BCUT2D eigenvalue weighted by molar-refractivity contribution is -0.137. The minimum absolute atomic E-state index is 0.147. The van der Waals surface area contributed by atoms with Crippen molar-refractivity contribution in [1.29, 1.82) is 5.26 Å². The van der Waals surface area contributed by atoms with Crippen molar-refractivity contribution in [2.45, 2.75) is 25.9 Å². The predicted molar refractivity (Wildman–Crippen MR) is 98.5 cm³/mol. The zero-order chi connectivity index (χ0) is 18.1. The monoisotopic (exact) mass is 356 g/mol. The second-order valence-electron chi connectivity index (χ2n) is 5.66. The van der Waals surface area contributed by atoms with Crippen molar-refractivity contribution in [2.75, 3.05) is 13.1 Å². The van der Waals surface area contributed by atoms with Crippen molar-refractivity contribution in [3.05, 3.63) is 65.2 Å². The van der Waals surface area contributed by atoms with Crippen LogP contribution in [-0.2, 0) is 11.2 Å². The van der Waals surface area contributed by atoms with Gasteiger partial charge in [-0.3, -0.25) is 4.79 Å². The summed E-state index contributed by atoms with van der Waals surface area (Å²) in [6.07, 6.45) is 0.352. The van der Waals surface area contributed by atoms with Crippen LogP contribution in [0.25, 0.3) is 0 Å². The quantitative estimate of drug-likeness (QED) is 0.715. The van der Waals surface area contributed by atoms with E-state index in [1.54, 1.807) is 36.1 Å². The molecule has 0 saturated heterocycles. The number of hydrogen-bond acceptors (Lipinski definition) is 3. The lowest BCUT2D eigenvalue weighted by Gasteiger charge is -2.25. The van der Waals surface area contributed by atoms with Crippen LogP contribution in [0.5, 0.6) is 5.75 Å². The number of amides is 1. The van der Waals surface area contributed by atoms with Gasteiger partial charge in [-0.25, -0.2) is 0 Å². The Labute approximate surface area is 153 Å². The summed E-state index contributed by atoms with van der Waals surface area (Å²) in [5.41, 5.74) is 1.15.